The van der Waals surface area contributed by atoms with E-state index in [1.807, 2.05) is 17.8 Å². The van der Waals surface area contributed by atoms with Crippen LogP contribution in [0.1, 0.15) is 25.0 Å². The van der Waals surface area contributed by atoms with Crippen molar-refractivity contribution in [1.82, 2.24) is 30.5 Å². The van der Waals surface area contributed by atoms with E-state index in [-0.39, 0.29) is 0 Å². The molecular formula is C13H20N6S. The highest BCUT2D eigenvalue weighted by atomic mass is 32.2. The standard InChI is InChI=1S/C13H20N6S/c1-19-12(4-6-15-19)13-11(16-18-17-13)9-14-10-3-2-7-20-8-5-10/h4,6,10,14H,2-3,5,7-9H2,1H3,(H,16,17,18). The van der Waals surface area contributed by atoms with Crippen LogP contribution in [0.2, 0.25) is 0 Å². The van der Waals surface area contributed by atoms with Crippen LogP contribution in [-0.2, 0) is 13.6 Å². The maximum Gasteiger partial charge on any atom is 0.135 e. The maximum atomic E-state index is 4.28. The summed E-state index contributed by atoms with van der Waals surface area (Å²) in [6, 6.07) is 2.56. The summed E-state index contributed by atoms with van der Waals surface area (Å²) in [6.45, 7) is 0.756. The second kappa shape index (κ2) is 6.41. The molecule has 2 N–H and O–H groups in total. The zero-order chi connectivity index (χ0) is 13.8. The van der Waals surface area contributed by atoms with Crippen LogP contribution in [0, 0.1) is 0 Å². The SMILES string of the molecule is Cn1nccc1-c1n[nH]nc1CNC1CCCSCC1. The maximum absolute atomic E-state index is 4.28. The predicted molar refractivity (Wildman–Crippen MR) is 80.4 cm³/mol. The summed E-state index contributed by atoms with van der Waals surface area (Å²) in [7, 11) is 1.92. The largest absolute Gasteiger partial charge is 0.308 e. The highest BCUT2D eigenvalue weighted by molar-refractivity contribution is 7.99. The van der Waals surface area contributed by atoms with Gasteiger partial charge in [-0.3, -0.25) is 4.68 Å². The van der Waals surface area contributed by atoms with E-state index in [9.17, 15) is 0 Å². The van der Waals surface area contributed by atoms with Gasteiger partial charge in [-0.1, -0.05) is 0 Å². The van der Waals surface area contributed by atoms with E-state index in [2.05, 4.69) is 37.6 Å². The second-order valence-electron chi connectivity index (χ2n) is 5.08. The van der Waals surface area contributed by atoms with E-state index in [0.29, 0.717) is 6.04 Å². The summed E-state index contributed by atoms with van der Waals surface area (Å²) in [6.07, 6.45) is 5.58. The molecule has 108 valence electrons. The number of hydrogen-bond acceptors (Lipinski definition) is 5. The summed E-state index contributed by atoms with van der Waals surface area (Å²) < 4.78 is 1.82. The van der Waals surface area contributed by atoms with Gasteiger partial charge in [-0.25, -0.2) is 0 Å². The van der Waals surface area contributed by atoms with Gasteiger partial charge >= 0.3 is 0 Å². The quantitative estimate of drug-likeness (QED) is 0.895. The average molecular weight is 292 g/mol. The van der Waals surface area contributed by atoms with Crippen LogP contribution in [0.25, 0.3) is 11.4 Å². The first-order chi connectivity index (χ1) is 9.84. The molecule has 3 rings (SSSR count). The van der Waals surface area contributed by atoms with Crippen LogP contribution in [0.4, 0.5) is 0 Å². The lowest BCUT2D eigenvalue weighted by atomic mass is 10.1. The molecule has 1 atom stereocenters. The average Bonchev–Trinajstić information content (AvgIpc) is 2.98. The van der Waals surface area contributed by atoms with Gasteiger partial charge in [0.2, 0.25) is 0 Å². The van der Waals surface area contributed by atoms with Crippen molar-refractivity contribution in [2.24, 2.45) is 7.05 Å². The molecule has 0 aromatic carbocycles. The lowest BCUT2D eigenvalue weighted by Gasteiger charge is -2.15. The Bertz CT molecular complexity index is 541. The van der Waals surface area contributed by atoms with E-state index in [4.69, 9.17) is 0 Å². The number of aromatic amines is 1. The van der Waals surface area contributed by atoms with Crippen molar-refractivity contribution >= 4 is 11.8 Å². The van der Waals surface area contributed by atoms with Crippen molar-refractivity contribution in [2.45, 2.75) is 31.8 Å². The lowest BCUT2D eigenvalue weighted by Crippen LogP contribution is -2.29. The Kier molecular flexibility index (Phi) is 4.37. The molecule has 0 spiro atoms. The zero-order valence-corrected chi connectivity index (χ0v) is 12.5. The highest BCUT2D eigenvalue weighted by Gasteiger charge is 2.16. The molecule has 1 aliphatic rings. The van der Waals surface area contributed by atoms with Crippen molar-refractivity contribution in [3.63, 3.8) is 0 Å². The van der Waals surface area contributed by atoms with Gasteiger partial charge in [0.15, 0.2) is 0 Å². The Morgan fingerprint density at radius 3 is 3.20 bits per heavy atom. The van der Waals surface area contributed by atoms with Crippen LogP contribution >= 0.6 is 11.8 Å². The van der Waals surface area contributed by atoms with Crippen molar-refractivity contribution in [3.05, 3.63) is 18.0 Å². The van der Waals surface area contributed by atoms with Crippen LogP contribution in [0.5, 0.6) is 0 Å². The lowest BCUT2D eigenvalue weighted by molar-refractivity contribution is 0.468. The smallest absolute Gasteiger partial charge is 0.135 e. The normalized spacial score (nSPS) is 19.9. The summed E-state index contributed by atoms with van der Waals surface area (Å²) in [4.78, 5) is 0. The Balaban J connectivity index is 1.66. The Morgan fingerprint density at radius 1 is 1.40 bits per heavy atom. The fourth-order valence-electron chi connectivity index (χ4n) is 2.54. The molecule has 0 bridgehead atoms. The third kappa shape index (κ3) is 3.04. The molecule has 6 nitrogen and oxygen atoms in total. The minimum atomic E-state index is 0.598. The predicted octanol–water partition coefficient (Wildman–Crippen LogP) is 1.58. The number of aromatic nitrogens is 5. The molecule has 2 aromatic rings. The molecule has 3 heterocycles. The zero-order valence-electron chi connectivity index (χ0n) is 11.7. The number of thioether (sulfide) groups is 1. The van der Waals surface area contributed by atoms with Gasteiger partial charge in [0, 0.05) is 25.8 Å². The van der Waals surface area contributed by atoms with Crippen molar-refractivity contribution in [3.8, 4) is 11.4 Å². The number of H-pyrrole nitrogens is 1. The van der Waals surface area contributed by atoms with E-state index in [1.165, 1.54) is 30.8 Å². The van der Waals surface area contributed by atoms with Gasteiger partial charge in [0.05, 0.1) is 5.69 Å². The first kappa shape index (κ1) is 13.6. The third-order valence-corrected chi connectivity index (χ3v) is 4.80. The van der Waals surface area contributed by atoms with Gasteiger partial charge in [-0.15, -0.1) is 0 Å². The van der Waals surface area contributed by atoms with Gasteiger partial charge in [0.25, 0.3) is 0 Å². The van der Waals surface area contributed by atoms with Gasteiger partial charge in [-0.05, 0) is 36.8 Å². The number of nitrogens with one attached hydrogen (secondary N) is 2. The molecule has 1 saturated heterocycles. The fourth-order valence-corrected chi connectivity index (χ4v) is 3.56. The van der Waals surface area contributed by atoms with Crippen LogP contribution in [0.15, 0.2) is 12.3 Å². The highest BCUT2D eigenvalue weighted by Crippen LogP contribution is 2.20. The van der Waals surface area contributed by atoms with E-state index >= 15 is 0 Å². The van der Waals surface area contributed by atoms with Crippen molar-refractivity contribution in [1.29, 1.82) is 0 Å². The second-order valence-corrected chi connectivity index (χ2v) is 6.30. The summed E-state index contributed by atoms with van der Waals surface area (Å²) in [5.41, 5.74) is 2.85. The van der Waals surface area contributed by atoms with E-state index < -0.39 is 0 Å². The van der Waals surface area contributed by atoms with E-state index in [1.54, 1.807) is 6.20 Å². The van der Waals surface area contributed by atoms with Crippen molar-refractivity contribution in [2.75, 3.05) is 11.5 Å². The van der Waals surface area contributed by atoms with E-state index in [0.717, 1.165) is 23.6 Å². The van der Waals surface area contributed by atoms with Crippen LogP contribution in [0.3, 0.4) is 0 Å². The number of nitrogens with zero attached hydrogens (tertiary/aromatic N) is 4. The molecule has 7 heteroatoms. The monoisotopic (exact) mass is 292 g/mol. The molecular weight excluding hydrogens is 272 g/mol. The molecule has 0 amide bonds. The minimum absolute atomic E-state index is 0.598. The molecule has 20 heavy (non-hydrogen) atoms. The first-order valence-electron chi connectivity index (χ1n) is 7.04. The summed E-state index contributed by atoms with van der Waals surface area (Å²) in [5, 5.41) is 19.1. The van der Waals surface area contributed by atoms with Crippen LogP contribution in [-0.4, -0.2) is 42.7 Å². The summed E-state index contributed by atoms with van der Waals surface area (Å²) in [5.74, 6) is 2.55. The molecule has 1 fully saturated rings. The molecule has 0 aliphatic carbocycles. The molecule has 1 unspecified atom stereocenters. The molecule has 1 aliphatic heterocycles. The summed E-state index contributed by atoms with van der Waals surface area (Å²) >= 11 is 2.06. The molecule has 0 radical (unpaired) electrons. The topological polar surface area (TPSA) is 71.4 Å². The number of rotatable bonds is 4. The fraction of sp³-hybridized carbons (Fsp3) is 0.615. The first-order valence-corrected chi connectivity index (χ1v) is 8.19. The van der Waals surface area contributed by atoms with Gasteiger partial charge < -0.3 is 5.32 Å². The third-order valence-electron chi connectivity index (χ3n) is 3.69. The van der Waals surface area contributed by atoms with Gasteiger partial charge in [-0.2, -0.15) is 32.3 Å². The number of aryl methyl sites for hydroxylation is 1. The molecule has 0 saturated carbocycles. The van der Waals surface area contributed by atoms with Crippen molar-refractivity contribution < 1.29 is 0 Å². The molecule has 2 aromatic heterocycles. The van der Waals surface area contributed by atoms with Gasteiger partial charge in [0.1, 0.15) is 11.4 Å². The number of hydrogen-bond donors (Lipinski definition) is 2. The Hall–Kier alpha value is -1.34. The minimum Gasteiger partial charge on any atom is -0.308 e. The van der Waals surface area contributed by atoms with Crippen LogP contribution < -0.4 is 5.32 Å². The Labute approximate surface area is 122 Å². The Morgan fingerprint density at radius 2 is 2.35 bits per heavy atom.